The predicted octanol–water partition coefficient (Wildman–Crippen LogP) is 1.73. The van der Waals surface area contributed by atoms with Crippen LogP contribution in [0.4, 0.5) is 0 Å². The normalized spacial score (nSPS) is 20.3. The van der Waals surface area contributed by atoms with Crippen LogP contribution in [-0.2, 0) is 6.54 Å². The Morgan fingerprint density at radius 3 is 2.65 bits per heavy atom. The Morgan fingerprint density at radius 2 is 1.96 bits per heavy atom. The molecule has 3 aromatic rings. The zero-order valence-corrected chi connectivity index (χ0v) is 16.2. The Labute approximate surface area is 159 Å². The van der Waals surface area contributed by atoms with E-state index >= 15 is 0 Å². The molecule has 1 fully saturated rings. The van der Waals surface area contributed by atoms with Crippen molar-refractivity contribution in [2.45, 2.75) is 32.4 Å². The summed E-state index contributed by atoms with van der Waals surface area (Å²) in [7, 11) is 0. The number of quaternary nitrogens is 2. The summed E-state index contributed by atoms with van der Waals surface area (Å²) in [6.45, 7) is 7.20. The summed E-state index contributed by atoms with van der Waals surface area (Å²) in [4.78, 5) is 3.01. The molecule has 3 N–H and O–H groups in total. The molecule has 136 valence electrons. The van der Waals surface area contributed by atoms with Gasteiger partial charge in [-0.3, -0.25) is 0 Å². The SMILES string of the molecule is CC[NH+]1CCC([NH2+]Cc2cn(-c3ccccc3)nc2-c2cccs2)CC1. The molecule has 0 radical (unpaired) electrons. The summed E-state index contributed by atoms with van der Waals surface area (Å²) < 4.78 is 2.03. The number of aromatic nitrogens is 2. The van der Waals surface area contributed by atoms with Crippen molar-refractivity contribution in [1.29, 1.82) is 0 Å². The van der Waals surface area contributed by atoms with E-state index in [0.717, 1.165) is 24.0 Å². The van der Waals surface area contributed by atoms with Crippen LogP contribution in [0.3, 0.4) is 0 Å². The molecule has 1 aromatic carbocycles. The highest BCUT2D eigenvalue weighted by molar-refractivity contribution is 7.13. The lowest BCUT2D eigenvalue weighted by Crippen LogP contribution is -3.14. The molecule has 1 saturated heterocycles. The van der Waals surface area contributed by atoms with E-state index in [0.29, 0.717) is 0 Å². The lowest BCUT2D eigenvalue weighted by Gasteiger charge is -2.27. The number of para-hydroxylation sites is 1. The maximum Gasteiger partial charge on any atom is 0.112 e. The first-order chi connectivity index (χ1) is 12.8. The molecule has 5 heteroatoms. The van der Waals surface area contributed by atoms with Gasteiger partial charge in [-0.2, -0.15) is 5.10 Å². The standard InChI is InChI=1S/C21H26N4S/c1-2-24-12-10-18(11-13-24)22-15-17-16-25(19-7-4-3-5-8-19)23-21(17)20-9-6-14-26-20/h3-9,14,16,18,22H,2,10-13,15H2,1H3/p+2. The highest BCUT2D eigenvalue weighted by Gasteiger charge is 2.24. The van der Waals surface area contributed by atoms with Gasteiger partial charge in [-0.05, 0) is 30.5 Å². The number of hydrogen-bond acceptors (Lipinski definition) is 2. The fraction of sp³-hybridized carbons (Fsp3) is 0.381. The number of piperidine rings is 1. The molecule has 4 nitrogen and oxygen atoms in total. The van der Waals surface area contributed by atoms with Gasteiger partial charge >= 0.3 is 0 Å². The fourth-order valence-electron chi connectivity index (χ4n) is 3.82. The molecule has 0 saturated carbocycles. The predicted molar refractivity (Wildman–Crippen MR) is 107 cm³/mol. The van der Waals surface area contributed by atoms with E-state index < -0.39 is 0 Å². The van der Waals surface area contributed by atoms with Gasteiger partial charge in [0.2, 0.25) is 0 Å². The first-order valence-corrected chi connectivity index (χ1v) is 10.6. The summed E-state index contributed by atoms with van der Waals surface area (Å²) in [5, 5.41) is 9.59. The minimum Gasteiger partial charge on any atom is -0.340 e. The van der Waals surface area contributed by atoms with Crippen molar-refractivity contribution in [2.75, 3.05) is 19.6 Å². The van der Waals surface area contributed by atoms with E-state index in [1.54, 1.807) is 16.2 Å². The molecular weight excluding hydrogens is 340 g/mol. The summed E-state index contributed by atoms with van der Waals surface area (Å²) in [5.41, 5.74) is 3.59. The molecule has 0 atom stereocenters. The van der Waals surface area contributed by atoms with Gasteiger partial charge < -0.3 is 10.2 Å². The summed E-state index contributed by atoms with van der Waals surface area (Å²) >= 11 is 1.77. The highest BCUT2D eigenvalue weighted by Crippen LogP contribution is 2.27. The smallest absolute Gasteiger partial charge is 0.112 e. The third-order valence-corrected chi connectivity index (χ3v) is 6.35. The van der Waals surface area contributed by atoms with Gasteiger partial charge in [0, 0.05) is 19.0 Å². The van der Waals surface area contributed by atoms with Crippen molar-refractivity contribution in [3.63, 3.8) is 0 Å². The average Bonchev–Trinajstić information content (AvgIpc) is 3.37. The number of nitrogens with one attached hydrogen (secondary N) is 1. The number of rotatable bonds is 6. The van der Waals surface area contributed by atoms with Crippen LogP contribution < -0.4 is 10.2 Å². The Kier molecular flexibility index (Phi) is 5.48. The lowest BCUT2D eigenvalue weighted by atomic mass is 10.0. The molecule has 0 bridgehead atoms. The molecule has 3 heterocycles. The average molecular weight is 369 g/mol. The van der Waals surface area contributed by atoms with Crippen molar-refractivity contribution < 1.29 is 10.2 Å². The van der Waals surface area contributed by atoms with E-state index in [2.05, 4.69) is 60.2 Å². The second kappa shape index (κ2) is 8.16. The molecule has 0 amide bonds. The van der Waals surface area contributed by atoms with Crippen molar-refractivity contribution in [1.82, 2.24) is 9.78 Å². The number of hydrogen-bond donors (Lipinski definition) is 2. The van der Waals surface area contributed by atoms with E-state index in [4.69, 9.17) is 5.10 Å². The topological polar surface area (TPSA) is 38.9 Å². The second-order valence-electron chi connectivity index (χ2n) is 7.14. The molecular formula is C21H28N4S+2. The molecule has 0 spiro atoms. The van der Waals surface area contributed by atoms with Gasteiger partial charge in [0.05, 0.1) is 41.8 Å². The summed E-state index contributed by atoms with van der Waals surface area (Å²) in [5.74, 6) is 0. The van der Waals surface area contributed by atoms with Crippen LogP contribution >= 0.6 is 11.3 Å². The van der Waals surface area contributed by atoms with E-state index in [1.165, 1.54) is 42.9 Å². The first-order valence-electron chi connectivity index (χ1n) is 9.68. The lowest BCUT2D eigenvalue weighted by molar-refractivity contribution is -0.912. The number of benzene rings is 1. The largest absolute Gasteiger partial charge is 0.340 e. The molecule has 2 aromatic heterocycles. The summed E-state index contributed by atoms with van der Waals surface area (Å²) in [6, 6.07) is 15.4. The quantitative estimate of drug-likeness (QED) is 0.683. The molecule has 1 aliphatic heterocycles. The number of thiophene rings is 1. The molecule has 4 rings (SSSR count). The third-order valence-electron chi connectivity index (χ3n) is 5.47. The van der Waals surface area contributed by atoms with Gasteiger partial charge in [0.25, 0.3) is 0 Å². The molecule has 1 aliphatic rings. The highest BCUT2D eigenvalue weighted by atomic mass is 32.1. The van der Waals surface area contributed by atoms with Gasteiger partial charge in [0.1, 0.15) is 12.2 Å². The number of likely N-dealkylation sites (tertiary alicyclic amines) is 1. The van der Waals surface area contributed by atoms with Crippen molar-refractivity contribution >= 4 is 11.3 Å². The monoisotopic (exact) mass is 368 g/mol. The van der Waals surface area contributed by atoms with Gasteiger partial charge in [0.15, 0.2) is 0 Å². The zero-order chi connectivity index (χ0) is 17.8. The van der Waals surface area contributed by atoms with Gasteiger partial charge in [-0.25, -0.2) is 4.68 Å². The maximum atomic E-state index is 4.91. The Bertz CT molecular complexity index is 802. The minimum atomic E-state index is 0.751. The van der Waals surface area contributed by atoms with Crippen LogP contribution in [0.15, 0.2) is 54.0 Å². The van der Waals surface area contributed by atoms with Crippen LogP contribution in [0.5, 0.6) is 0 Å². The maximum absolute atomic E-state index is 4.91. The molecule has 0 unspecified atom stereocenters. The number of nitrogens with two attached hydrogens (primary N) is 1. The van der Waals surface area contributed by atoms with Crippen LogP contribution in [0.2, 0.25) is 0 Å². The third kappa shape index (κ3) is 3.90. The molecule has 0 aliphatic carbocycles. The minimum absolute atomic E-state index is 0.751. The molecule has 26 heavy (non-hydrogen) atoms. The van der Waals surface area contributed by atoms with Gasteiger partial charge in [-0.1, -0.05) is 24.3 Å². The fourth-order valence-corrected chi connectivity index (χ4v) is 4.57. The number of nitrogens with zero attached hydrogens (tertiary/aromatic N) is 2. The Morgan fingerprint density at radius 1 is 1.15 bits per heavy atom. The van der Waals surface area contributed by atoms with Crippen LogP contribution in [-0.4, -0.2) is 35.5 Å². The van der Waals surface area contributed by atoms with Crippen molar-refractivity contribution in [2.24, 2.45) is 0 Å². The summed E-state index contributed by atoms with van der Waals surface area (Å²) in [6.07, 6.45) is 4.86. The van der Waals surface area contributed by atoms with Crippen LogP contribution in [0.25, 0.3) is 16.3 Å². The van der Waals surface area contributed by atoms with Gasteiger partial charge in [-0.15, -0.1) is 11.3 Å². The van der Waals surface area contributed by atoms with Crippen LogP contribution in [0, 0.1) is 0 Å². The Balaban J connectivity index is 1.52. The first kappa shape index (κ1) is 17.5. The van der Waals surface area contributed by atoms with E-state index in [1.807, 2.05) is 10.7 Å². The van der Waals surface area contributed by atoms with E-state index in [-0.39, 0.29) is 0 Å². The van der Waals surface area contributed by atoms with Crippen molar-refractivity contribution in [3.05, 3.63) is 59.6 Å². The van der Waals surface area contributed by atoms with E-state index in [9.17, 15) is 0 Å². The second-order valence-corrected chi connectivity index (χ2v) is 8.09. The van der Waals surface area contributed by atoms with Crippen molar-refractivity contribution in [3.8, 4) is 16.3 Å². The Hall–Kier alpha value is -1.95. The zero-order valence-electron chi connectivity index (χ0n) is 15.4. The van der Waals surface area contributed by atoms with Crippen LogP contribution in [0.1, 0.15) is 25.3 Å².